The molecule has 0 bridgehead atoms. The molecule has 0 aromatic heterocycles. The molecular formula is C19H21FN4O4. The fourth-order valence-electron chi connectivity index (χ4n) is 4.80. The number of carbonyl (C=O) groups excluding carboxylic acids is 4. The molecule has 4 amide bonds. The van der Waals surface area contributed by atoms with E-state index in [0.717, 1.165) is 0 Å². The second-order valence-electron chi connectivity index (χ2n) is 7.68. The summed E-state index contributed by atoms with van der Waals surface area (Å²) in [6.45, 7) is 3.60. The molecule has 1 spiro atoms. The molecule has 28 heavy (non-hydrogen) atoms. The van der Waals surface area contributed by atoms with Gasteiger partial charge in [0.25, 0.3) is 0 Å². The van der Waals surface area contributed by atoms with E-state index in [-0.39, 0.29) is 18.0 Å². The van der Waals surface area contributed by atoms with E-state index in [4.69, 9.17) is 5.73 Å². The highest BCUT2D eigenvalue weighted by Crippen LogP contribution is 2.53. The van der Waals surface area contributed by atoms with E-state index in [2.05, 4.69) is 10.6 Å². The Morgan fingerprint density at radius 2 is 2.04 bits per heavy atom. The lowest BCUT2D eigenvalue weighted by Crippen LogP contribution is -2.54. The van der Waals surface area contributed by atoms with Gasteiger partial charge in [-0.3, -0.25) is 29.4 Å². The number of rotatable bonds is 4. The minimum atomic E-state index is -1.61. The Balaban J connectivity index is 1.90. The molecule has 0 unspecified atom stereocenters. The van der Waals surface area contributed by atoms with Crippen LogP contribution in [-0.2, 0) is 24.7 Å². The third-order valence-corrected chi connectivity index (χ3v) is 6.16. The fourth-order valence-corrected chi connectivity index (χ4v) is 4.80. The molecule has 3 aliphatic rings. The Morgan fingerprint density at radius 3 is 2.68 bits per heavy atom. The van der Waals surface area contributed by atoms with Crippen molar-refractivity contribution in [1.82, 2.24) is 10.2 Å². The van der Waals surface area contributed by atoms with Crippen LogP contribution in [0.2, 0.25) is 0 Å². The number of carbonyl (C=O) groups is 4. The molecule has 3 aliphatic heterocycles. The molecule has 0 saturated carbocycles. The Labute approximate surface area is 160 Å². The molecule has 148 valence electrons. The third-order valence-electron chi connectivity index (χ3n) is 6.16. The Bertz CT molecular complexity index is 919. The van der Waals surface area contributed by atoms with Gasteiger partial charge in [-0.2, -0.15) is 0 Å². The summed E-state index contributed by atoms with van der Waals surface area (Å²) in [6, 6.07) is 2.66. The zero-order chi connectivity index (χ0) is 20.4. The van der Waals surface area contributed by atoms with Crippen molar-refractivity contribution in [3.8, 4) is 0 Å². The molecule has 4 rings (SSSR count). The predicted molar refractivity (Wildman–Crippen MR) is 96.0 cm³/mol. The van der Waals surface area contributed by atoms with Gasteiger partial charge in [0.15, 0.2) is 0 Å². The topological polar surface area (TPSA) is 122 Å². The van der Waals surface area contributed by atoms with E-state index in [1.165, 1.54) is 23.1 Å². The van der Waals surface area contributed by atoms with Gasteiger partial charge in [-0.1, -0.05) is 6.92 Å². The molecule has 4 N–H and O–H groups in total. The van der Waals surface area contributed by atoms with Crippen molar-refractivity contribution in [1.29, 1.82) is 0 Å². The van der Waals surface area contributed by atoms with Crippen LogP contribution in [0.15, 0.2) is 18.2 Å². The van der Waals surface area contributed by atoms with Crippen LogP contribution < -0.4 is 16.4 Å². The molecular weight excluding hydrogens is 367 g/mol. The van der Waals surface area contributed by atoms with E-state index in [9.17, 15) is 23.6 Å². The molecule has 5 atom stereocenters. The number of primary amides is 1. The van der Waals surface area contributed by atoms with Gasteiger partial charge in [0, 0.05) is 29.8 Å². The quantitative estimate of drug-likeness (QED) is 0.637. The SMILES string of the molecule is CC[C@H](C)N1C(=O)[C@@H]2[C@H](CC(N)=O)N[C@]3(C(=O)Nc4ccc(F)cc43)[C@@H]2C1=O. The fraction of sp³-hybridized carbons (Fsp3) is 0.474. The van der Waals surface area contributed by atoms with Crippen LogP contribution in [0.5, 0.6) is 0 Å². The van der Waals surface area contributed by atoms with Gasteiger partial charge in [-0.15, -0.1) is 0 Å². The number of fused-ring (bicyclic) bond motifs is 4. The number of benzene rings is 1. The number of nitrogens with zero attached hydrogens (tertiary/aromatic N) is 1. The van der Waals surface area contributed by atoms with Gasteiger partial charge in [-0.25, -0.2) is 4.39 Å². The van der Waals surface area contributed by atoms with Crippen molar-refractivity contribution in [2.45, 2.75) is 44.3 Å². The number of hydrogen-bond donors (Lipinski definition) is 3. The molecule has 8 nitrogen and oxygen atoms in total. The van der Waals surface area contributed by atoms with E-state index in [0.29, 0.717) is 12.1 Å². The summed E-state index contributed by atoms with van der Waals surface area (Å²) < 4.78 is 14.0. The number of nitrogens with one attached hydrogen (secondary N) is 2. The predicted octanol–water partition coefficient (Wildman–Crippen LogP) is 0.220. The summed E-state index contributed by atoms with van der Waals surface area (Å²) in [5.41, 5.74) is 4.38. The third kappa shape index (κ3) is 2.25. The van der Waals surface area contributed by atoms with E-state index < -0.39 is 52.9 Å². The summed E-state index contributed by atoms with van der Waals surface area (Å²) in [6.07, 6.45) is 0.337. The number of anilines is 1. The summed E-state index contributed by atoms with van der Waals surface area (Å²) >= 11 is 0. The van der Waals surface area contributed by atoms with E-state index >= 15 is 0 Å². The van der Waals surface area contributed by atoms with Crippen LogP contribution in [-0.4, -0.2) is 40.6 Å². The number of nitrogens with two attached hydrogens (primary N) is 1. The molecule has 0 aliphatic carbocycles. The average molecular weight is 388 g/mol. The van der Waals surface area contributed by atoms with Crippen LogP contribution >= 0.6 is 0 Å². The maximum absolute atomic E-state index is 14.0. The normalized spacial score (nSPS) is 31.9. The van der Waals surface area contributed by atoms with Gasteiger partial charge in [0.05, 0.1) is 11.8 Å². The molecule has 3 heterocycles. The van der Waals surface area contributed by atoms with Crippen molar-refractivity contribution >= 4 is 29.3 Å². The smallest absolute Gasteiger partial charge is 0.250 e. The Morgan fingerprint density at radius 1 is 1.32 bits per heavy atom. The van der Waals surface area contributed by atoms with Crippen LogP contribution in [0.3, 0.4) is 0 Å². The van der Waals surface area contributed by atoms with Gasteiger partial charge < -0.3 is 11.1 Å². The number of amides is 4. The lowest BCUT2D eigenvalue weighted by molar-refractivity contribution is -0.145. The monoisotopic (exact) mass is 388 g/mol. The lowest BCUT2D eigenvalue weighted by Gasteiger charge is -2.31. The summed E-state index contributed by atoms with van der Waals surface area (Å²) in [7, 11) is 0. The average Bonchev–Trinajstić information content (AvgIpc) is 3.20. The van der Waals surface area contributed by atoms with Gasteiger partial charge in [0.1, 0.15) is 11.4 Å². The number of imide groups is 1. The van der Waals surface area contributed by atoms with Crippen molar-refractivity contribution < 1.29 is 23.6 Å². The highest BCUT2D eigenvalue weighted by Gasteiger charge is 2.70. The minimum Gasteiger partial charge on any atom is -0.370 e. The van der Waals surface area contributed by atoms with Crippen LogP contribution in [0.4, 0.5) is 10.1 Å². The number of likely N-dealkylation sites (tertiary alicyclic amines) is 1. The highest BCUT2D eigenvalue weighted by molar-refractivity contribution is 6.15. The zero-order valence-corrected chi connectivity index (χ0v) is 15.5. The van der Waals surface area contributed by atoms with Gasteiger partial charge in [0.2, 0.25) is 23.6 Å². The van der Waals surface area contributed by atoms with Crippen LogP contribution in [0, 0.1) is 17.7 Å². The maximum Gasteiger partial charge on any atom is 0.250 e. The first-order valence-electron chi connectivity index (χ1n) is 9.26. The second-order valence-corrected chi connectivity index (χ2v) is 7.68. The van der Waals surface area contributed by atoms with Crippen molar-refractivity contribution in [2.75, 3.05) is 5.32 Å². The van der Waals surface area contributed by atoms with Crippen molar-refractivity contribution in [3.63, 3.8) is 0 Å². The molecule has 9 heteroatoms. The zero-order valence-electron chi connectivity index (χ0n) is 15.5. The summed E-state index contributed by atoms with van der Waals surface area (Å²) in [5.74, 6) is -4.68. The molecule has 0 radical (unpaired) electrons. The minimum absolute atomic E-state index is 0.214. The standard InChI is InChI=1S/C19H21FN4O4/c1-3-8(2)24-16(26)14-12(7-13(21)25)23-19(15(14)17(24)27)10-6-9(20)4-5-11(10)22-18(19)28/h4-6,8,12,14-15,23H,3,7H2,1-2H3,(H2,21,25)(H,22,28)/t8-,12-,14+,15-,19-/m0/s1. The number of halogens is 1. The van der Waals surface area contributed by atoms with E-state index in [1.54, 1.807) is 6.92 Å². The maximum atomic E-state index is 14.0. The highest BCUT2D eigenvalue weighted by atomic mass is 19.1. The first kappa shape index (κ1) is 18.5. The van der Waals surface area contributed by atoms with Crippen LogP contribution in [0.1, 0.15) is 32.3 Å². The van der Waals surface area contributed by atoms with E-state index in [1.807, 2.05) is 6.92 Å². The van der Waals surface area contributed by atoms with Crippen LogP contribution in [0.25, 0.3) is 0 Å². The number of hydrogen-bond acceptors (Lipinski definition) is 5. The Kier molecular flexibility index (Phi) is 4.04. The molecule has 2 saturated heterocycles. The van der Waals surface area contributed by atoms with Crippen molar-refractivity contribution in [2.24, 2.45) is 17.6 Å². The largest absolute Gasteiger partial charge is 0.370 e. The first-order chi connectivity index (χ1) is 13.2. The second kappa shape index (κ2) is 6.10. The van der Waals surface area contributed by atoms with Crippen molar-refractivity contribution in [3.05, 3.63) is 29.6 Å². The Hall–Kier alpha value is -2.81. The van der Waals surface area contributed by atoms with Gasteiger partial charge >= 0.3 is 0 Å². The molecule has 1 aromatic rings. The summed E-state index contributed by atoms with van der Waals surface area (Å²) in [4.78, 5) is 52.2. The first-order valence-corrected chi connectivity index (χ1v) is 9.26. The van der Waals surface area contributed by atoms with Gasteiger partial charge in [-0.05, 0) is 31.5 Å². The summed E-state index contributed by atoms with van der Waals surface area (Å²) in [5, 5.41) is 5.69. The molecule has 1 aromatic carbocycles. The molecule has 2 fully saturated rings. The lowest BCUT2D eigenvalue weighted by atomic mass is 9.76.